The first-order valence-corrected chi connectivity index (χ1v) is 14.1. The Morgan fingerprint density at radius 3 is 1.41 bits per heavy atom. The summed E-state index contributed by atoms with van der Waals surface area (Å²) >= 11 is 0. The van der Waals surface area contributed by atoms with Crippen molar-refractivity contribution in [3.05, 3.63) is 22.5 Å². The zero-order valence-corrected chi connectivity index (χ0v) is 14.2. The van der Waals surface area contributed by atoms with Gasteiger partial charge in [0.25, 0.3) is 0 Å². The highest BCUT2D eigenvalue weighted by atomic mass is 28.3. The Morgan fingerprint density at radius 2 is 1.12 bits per heavy atom. The second-order valence-electron chi connectivity index (χ2n) is 8.33. The van der Waals surface area contributed by atoms with E-state index in [1.165, 1.54) is 6.42 Å². The molecule has 0 aromatic heterocycles. The van der Waals surface area contributed by atoms with Crippen LogP contribution in [-0.4, -0.2) is 16.1 Å². The molecule has 4 atom stereocenters. The molecule has 2 heteroatoms. The fraction of sp³-hybridized carbons (Fsp3) is 0.733. The van der Waals surface area contributed by atoms with E-state index < -0.39 is 16.1 Å². The van der Waals surface area contributed by atoms with Gasteiger partial charge in [0.2, 0.25) is 0 Å². The molecular formula is C15H26Si2. The Labute approximate surface area is 108 Å². The minimum atomic E-state index is -1.09. The average Bonchev–Trinajstić information content (AvgIpc) is 2.53. The quantitative estimate of drug-likeness (QED) is 0.508. The number of hydrogen-bond acceptors (Lipinski definition) is 0. The van der Waals surface area contributed by atoms with Crippen LogP contribution >= 0.6 is 0 Å². The topological polar surface area (TPSA) is 0 Å². The lowest BCUT2D eigenvalue weighted by molar-refractivity contribution is 0.372. The van der Waals surface area contributed by atoms with Crippen molar-refractivity contribution in [1.82, 2.24) is 0 Å². The normalized spacial score (nSPS) is 39.6. The van der Waals surface area contributed by atoms with E-state index in [-0.39, 0.29) is 0 Å². The third-order valence-corrected chi connectivity index (χ3v) is 9.72. The van der Waals surface area contributed by atoms with Gasteiger partial charge in [0.1, 0.15) is 0 Å². The van der Waals surface area contributed by atoms with Crippen LogP contribution < -0.4 is 0 Å². The van der Waals surface area contributed by atoms with Crippen LogP contribution in [0.25, 0.3) is 0 Å². The van der Waals surface area contributed by atoms with Crippen molar-refractivity contribution in [2.75, 3.05) is 0 Å². The van der Waals surface area contributed by atoms with Crippen molar-refractivity contribution >= 4 is 16.1 Å². The van der Waals surface area contributed by atoms with Crippen LogP contribution in [0.4, 0.5) is 0 Å². The van der Waals surface area contributed by atoms with Crippen LogP contribution in [0.15, 0.2) is 22.5 Å². The minimum absolute atomic E-state index is 0.923. The molecule has 0 amide bonds. The second-order valence-corrected chi connectivity index (χ2v) is 18.4. The van der Waals surface area contributed by atoms with E-state index in [0.29, 0.717) is 0 Å². The molecule has 0 radical (unpaired) electrons. The van der Waals surface area contributed by atoms with Crippen LogP contribution in [0.1, 0.15) is 6.42 Å². The Kier molecular flexibility index (Phi) is 2.30. The highest BCUT2D eigenvalue weighted by Crippen LogP contribution is 2.64. The highest BCUT2D eigenvalue weighted by Gasteiger charge is 2.58. The van der Waals surface area contributed by atoms with Crippen LogP contribution in [-0.2, 0) is 0 Å². The van der Waals surface area contributed by atoms with E-state index in [2.05, 4.69) is 51.4 Å². The van der Waals surface area contributed by atoms with Gasteiger partial charge < -0.3 is 0 Å². The van der Waals surface area contributed by atoms with E-state index >= 15 is 0 Å². The molecule has 1 fully saturated rings. The summed E-state index contributed by atoms with van der Waals surface area (Å²) < 4.78 is 0. The third kappa shape index (κ3) is 1.53. The van der Waals surface area contributed by atoms with Crippen molar-refractivity contribution in [3.8, 4) is 0 Å². The fourth-order valence-electron chi connectivity index (χ4n) is 4.68. The molecule has 3 aliphatic carbocycles. The molecule has 0 saturated heterocycles. The zero-order valence-electron chi connectivity index (χ0n) is 12.2. The van der Waals surface area contributed by atoms with E-state index in [1.54, 1.807) is 0 Å². The SMILES string of the molecule is C[Si](C)(C)C1=C([Si](C)(C)C)C2C3C=CC(C3)C12. The van der Waals surface area contributed by atoms with Crippen LogP contribution in [0.5, 0.6) is 0 Å². The van der Waals surface area contributed by atoms with Crippen LogP contribution in [0.3, 0.4) is 0 Å². The maximum Gasteiger partial charge on any atom is 0.0723 e. The molecule has 0 aliphatic heterocycles. The summed E-state index contributed by atoms with van der Waals surface area (Å²) in [4.78, 5) is 0. The molecular weight excluding hydrogens is 236 g/mol. The molecule has 3 rings (SSSR count). The summed E-state index contributed by atoms with van der Waals surface area (Å²) in [6, 6.07) is 0. The smallest absolute Gasteiger partial charge is 0.0723 e. The lowest BCUT2D eigenvalue weighted by Gasteiger charge is -2.52. The summed E-state index contributed by atoms with van der Waals surface area (Å²) in [6.45, 7) is 15.4. The largest absolute Gasteiger partial charge is 0.0845 e. The lowest BCUT2D eigenvalue weighted by Crippen LogP contribution is -2.51. The molecule has 0 aromatic rings. The molecule has 17 heavy (non-hydrogen) atoms. The molecule has 3 aliphatic rings. The molecule has 4 unspecified atom stereocenters. The van der Waals surface area contributed by atoms with Crippen LogP contribution in [0.2, 0.25) is 39.3 Å². The van der Waals surface area contributed by atoms with Crippen molar-refractivity contribution in [1.29, 1.82) is 0 Å². The van der Waals surface area contributed by atoms with Crippen LogP contribution in [0, 0.1) is 23.7 Å². The van der Waals surface area contributed by atoms with E-state index in [9.17, 15) is 0 Å². The van der Waals surface area contributed by atoms with Gasteiger partial charge in [-0.25, -0.2) is 0 Å². The predicted molar refractivity (Wildman–Crippen MR) is 81.4 cm³/mol. The summed E-state index contributed by atoms with van der Waals surface area (Å²) in [7, 11) is -2.18. The molecule has 0 heterocycles. The van der Waals surface area contributed by atoms with Gasteiger partial charge in [0, 0.05) is 0 Å². The molecule has 0 aromatic carbocycles. The Bertz CT molecular complexity index is 379. The molecule has 1 saturated carbocycles. The number of hydrogen-bond donors (Lipinski definition) is 0. The standard InChI is InChI=1S/C15H26Si2/c1-16(2,3)14-12-10-7-8-11(9-10)13(12)15(14)17(4,5)6/h7-8,10-13H,9H2,1-6H3. The van der Waals surface area contributed by atoms with Gasteiger partial charge in [-0.05, 0) is 30.1 Å². The Morgan fingerprint density at radius 1 is 0.765 bits per heavy atom. The lowest BCUT2D eigenvalue weighted by atomic mass is 9.74. The first kappa shape index (κ1) is 12.0. The Balaban J connectivity index is 2.08. The third-order valence-electron chi connectivity index (χ3n) is 5.03. The van der Waals surface area contributed by atoms with E-state index in [1.807, 2.05) is 10.4 Å². The van der Waals surface area contributed by atoms with Gasteiger partial charge in [0.05, 0.1) is 16.1 Å². The zero-order chi connectivity index (χ0) is 12.6. The van der Waals surface area contributed by atoms with Gasteiger partial charge >= 0.3 is 0 Å². The molecule has 0 N–H and O–H groups in total. The first-order valence-electron chi connectivity index (χ1n) is 7.14. The molecule has 0 nitrogen and oxygen atoms in total. The molecule has 0 spiro atoms. The molecule has 94 valence electrons. The van der Waals surface area contributed by atoms with Gasteiger partial charge in [-0.15, -0.1) is 0 Å². The van der Waals surface area contributed by atoms with Gasteiger partial charge in [-0.3, -0.25) is 0 Å². The number of fused-ring (bicyclic) bond motifs is 5. The molecule has 2 bridgehead atoms. The van der Waals surface area contributed by atoms with Crippen molar-refractivity contribution < 1.29 is 0 Å². The Hall–Kier alpha value is -0.0862. The van der Waals surface area contributed by atoms with Gasteiger partial charge in [0.15, 0.2) is 0 Å². The maximum absolute atomic E-state index is 2.56. The summed E-state index contributed by atoms with van der Waals surface area (Å²) in [6.07, 6.45) is 6.54. The van der Waals surface area contributed by atoms with Crippen molar-refractivity contribution in [3.63, 3.8) is 0 Å². The number of allylic oxidation sites excluding steroid dienone is 4. The average molecular weight is 263 g/mol. The van der Waals surface area contributed by atoms with Gasteiger partial charge in [-0.2, -0.15) is 0 Å². The van der Waals surface area contributed by atoms with E-state index in [4.69, 9.17) is 0 Å². The summed E-state index contributed by atoms with van der Waals surface area (Å²) in [5, 5.41) is 4.00. The minimum Gasteiger partial charge on any atom is -0.0845 e. The summed E-state index contributed by atoms with van der Waals surface area (Å²) in [5.41, 5.74) is 0. The van der Waals surface area contributed by atoms with E-state index in [0.717, 1.165) is 23.7 Å². The van der Waals surface area contributed by atoms with Crippen molar-refractivity contribution in [2.45, 2.75) is 45.7 Å². The fourth-order valence-corrected chi connectivity index (χ4v) is 11.7. The second kappa shape index (κ2) is 3.27. The van der Waals surface area contributed by atoms with Gasteiger partial charge in [-0.1, -0.05) is 61.8 Å². The predicted octanol–water partition coefficient (Wildman–Crippen LogP) is 4.49. The monoisotopic (exact) mass is 262 g/mol. The maximum atomic E-state index is 2.56. The van der Waals surface area contributed by atoms with Crippen molar-refractivity contribution in [2.24, 2.45) is 23.7 Å². The number of rotatable bonds is 2. The summed E-state index contributed by atoms with van der Waals surface area (Å²) in [5.74, 6) is 3.82. The highest BCUT2D eigenvalue weighted by molar-refractivity contribution is 6.90. The first-order chi connectivity index (χ1) is 7.71.